The molecule has 16 heavy (non-hydrogen) atoms. The Bertz CT molecular complexity index is 282. The first-order valence-corrected chi connectivity index (χ1v) is 7.79. The van der Waals surface area contributed by atoms with E-state index in [1.54, 1.807) is 0 Å². The van der Waals surface area contributed by atoms with Gasteiger partial charge >= 0.3 is 0 Å². The van der Waals surface area contributed by atoms with Crippen molar-refractivity contribution in [1.29, 1.82) is 0 Å². The molecule has 1 aliphatic rings. The van der Waals surface area contributed by atoms with Crippen molar-refractivity contribution >= 4 is 10.0 Å². The molecule has 0 aliphatic heterocycles. The van der Waals surface area contributed by atoms with Crippen LogP contribution in [0.5, 0.6) is 0 Å². The van der Waals surface area contributed by atoms with Crippen LogP contribution < -0.4 is 4.72 Å². The lowest BCUT2D eigenvalue weighted by Crippen LogP contribution is -2.38. The van der Waals surface area contributed by atoms with E-state index in [1.807, 2.05) is 0 Å². The summed E-state index contributed by atoms with van der Waals surface area (Å²) in [5.74, 6) is 0.870. The van der Waals surface area contributed by atoms with Crippen molar-refractivity contribution in [2.45, 2.75) is 51.5 Å². The number of hydrogen-bond donors (Lipinski definition) is 2. The molecule has 0 aromatic rings. The van der Waals surface area contributed by atoms with Crippen LogP contribution in [0.2, 0.25) is 0 Å². The van der Waals surface area contributed by atoms with Gasteiger partial charge in [0.25, 0.3) is 0 Å². The zero-order valence-corrected chi connectivity index (χ0v) is 10.8. The Balaban J connectivity index is 2.29. The van der Waals surface area contributed by atoms with E-state index in [2.05, 4.69) is 11.6 Å². The zero-order valence-electron chi connectivity index (χ0n) is 9.98. The molecule has 4 nitrogen and oxygen atoms in total. The molecule has 0 saturated heterocycles. The first kappa shape index (κ1) is 13.9. The Kier molecular flexibility index (Phi) is 5.72. The number of aliphatic hydroxyl groups excluding tert-OH is 1. The van der Waals surface area contributed by atoms with E-state index in [-0.39, 0.29) is 18.4 Å². The maximum Gasteiger partial charge on any atom is 0.211 e. The lowest BCUT2D eigenvalue weighted by atomic mass is 9.88. The number of rotatable bonds is 6. The summed E-state index contributed by atoms with van der Waals surface area (Å²) in [6.07, 6.45) is 5.24. The topological polar surface area (TPSA) is 66.4 Å². The normalized spacial score (nSPS) is 26.9. The van der Waals surface area contributed by atoms with Gasteiger partial charge in [-0.2, -0.15) is 0 Å². The SMILES string of the molecule is CC1CCC(NS(=O)(=O)CCCCO)CC1. The summed E-state index contributed by atoms with van der Waals surface area (Å²) in [5.41, 5.74) is 0. The number of aliphatic hydroxyl groups is 1. The van der Waals surface area contributed by atoms with Gasteiger partial charge in [0, 0.05) is 12.6 Å². The van der Waals surface area contributed by atoms with E-state index in [4.69, 9.17) is 5.11 Å². The lowest BCUT2D eigenvalue weighted by molar-refractivity contribution is 0.287. The molecular formula is C11H23NO3S. The van der Waals surface area contributed by atoms with Crippen molar-refractivity contribution in [3.05, 3.63) is 0 Å². The summed E-state index contributed by atoms with van der Waals surface area (Å²) in [6.45, 7) is 2.28. The quantitative estimate of drug-likeness (QED) is 0.696. The van der Waals surface area contributed by atoms with Crippen LogP contribution in [-0.4, -0.2) is 31.9 Å². The molecule has 0 spiro atoms. The standard InChI is InChI=1S/C11H23NO3S/c1-10-4-6-11(7-5-10)12-16(14,15)9-3-2-8-13/h10-13H,2-9H2,1H3. The second-order valence-corrected chi connectivity index (χ2v) is 6.70. The van der Waals surface area contributed by atoms with Crippen molar-refractivity contribution in [3.63, 3.8) is 0 Å². The Labute approximate surface area is 98.5 Å². The van der Waals surface area contributed by atoms with Crippen LogP contribution >= 0.6 is 0 Å². The number of hydrogen-bond acceptors (Lipinski definition) is 3. The van der Waals surface area contributed by atoms with Crippen LogP contribution in [0.3, 0.4) is 0 Å². The van der Waals surface area contributed by atoms with E-state index in [1.165, 1.54) is 0 Å². The number of sulfonamides is 1. The Morgan fingerprint density at radius 2 is 1.81 bits per heavy atom. The zero-order chi connectivity index (χ0) is 12.0. The van der Waals surface area contributed by atoms with Crippen molar-refractivity contribution in [2.24, 2.45) is 5.92 Å². The largest absolute Gasteiger partial charge is 0.396 e. The average Bonchev–Trinajstić information content (AvgIpc) is 2.21. The lowest BCUT2D eigenvalue weighted by Gasteiger charge is -2.26. The van der Waals surface area contributed by atoms with Gasteiger partial charge in [0.2, 0.25) is 10.0 Å². The van der Waals surface area contributed by atoms with Gasteiger partial charge in [-0.1, -0.05) is 6.92 Å². The third-order valence-electron chi connectivity index (χ3n) is 3.18. The van der Waals surface area contributed by atoms with Gasteiger partial charge in [0.15, 0.2) is 0 Å². The maximum absolute atomic E-state index is 11.7. The molecule has 5 heteroatoms. The van der Waals surface area contributed by atoms with E-state index in [0.717, 1.165) is 31.6 Å². The van der Waals surface area contributed by atoms with Gasteiger partial charge in [-0.3, -0.25) is 0 Å². The van der Waals surface area contributed by atoms with E-state index < -0.39 is 10.0 Å². The summed E-state index contributed by atoms with van der Waals surface area (Å²) >= 11 is 0. The van der Waals surface area contributed by atoms with E-state index >= 15 is 0 Å². The monoisotopic (exact) mass is 249 g/mol. The first-order chi connectivity index (χ1) is 7.53. The van der Waals surface area contributed by atoms with E-state index in [9.17, 15) is 8.42 Å². The molecule has 0 bridgehead atoms. The predicted molar refractivity (Wildman–Crippen MR) is 64.7 cm³/mol. The fourth-order valence-corrected chi connectivity index (χ4v) is 3.54. The van der Waals surface area contributed by atoms with Gasteiger partial charge in [-0.25, -0.2) is 13.1 Å². The average molecular weight is 249 g/mol. The first-order valence-electron chi connectivity index (χ1n) is 6.14. The third kappa shape index (κ3) is 5.27. The Morgan fingerprint density at radius 1 is 1.19 bits per heavy atom. The van der Waals surface area contributed by atoms with Gasteiger partial charge in [0.1, 0.15) is 0 Å². The van der Waals surface area contributed by atoms with Gasteiger partial charge < -0.3 is 5.11 Å². The van der Waals surface area contributed by atoms with Gasteiger partial charge in [-0.05, 0) is 44.4 Å². The second-order valence-electron chi connectivity index (χ2n) is 4.82. The fourth-order valence-electron chi connectivity index (χ4n) is 2.09. The van der Waals surface area contributed by atoms with Gasteiger partial charge in [0.05, 0.1) is 5.75 Å². The summed E-state index contributed by atoms with van der Waals surface area (Å²) in [7, 11) is -3.13. The van der Waals surface area contributed by atoms with Crippen molar-refractivity contribution < 1.29 is 13.5 Å². The molecular weight excluding hydrogens is 226 g/mol. The molecule has 1 rings (SSSR count). The summed E-state index contributed by atoms with van der Waals surface area (Å²) < 4.78 is 26.1. The molecule has 2 N–H and O–H groups in total. The van der Waals surface area contributed by atoms with Crippen LogP contribution in [0.25, 0.3) is 0 Å². The molecule has 0 radical (unpaired) electrons. The molecule has 96 valence electrons. The van der Waals surface area contributed by atoms with Crippen molar-refractivity contribution in [3.8, 4) is 0 Å². The second kappa shape index (κ2) is 6.57. The van der Waals surface area contributed by atoms with Crippen LogP contribution in [0.4, 0.5) is 0 Å². The minimum absolute atomic E-state index is 0.0659. The molecule has 1 saturated carbocycles. The van der Waals surface area contributed by atoms with Crippen molar-refractivity contribution in [1.82, 2.24) is 4.72 Å². The Morgan fingerprint density at radius 3 is 2.38 bits per heavy atom. The molecule has 0 amide bonds. The van der Waals surface area contributed by atoms with Gasteiger partial charge in [-0.15, -0.1) is 0 Å². The molecule has 0 aromatic heterocycles. The van der Waals surface area contributed by atoms with Crippen LogP contribution in [0.15, 0.2) is 0 Å². The molecule has 0 heterocycles. The molecule has 0 unspecified atom stereocenters. The molecule has 0 aromatic carbocycles. The smallest absolute Gasteiger partial charge is 0.211 e. The third-order valence-corrected chi connectivity index (χ3v) is 4.70. The summed E-state index contributed by atoms with van der Waals surface area (Å²) in [5, 5.41) is 8.60. The summed E-state index contributed by atoms with van der Waals surface area (Å²) in [6, 6.07) is 0.135. The maximum atomic E-state index is 11.7. The van der Waals surface area contributed by atoms with Crippen LogP contribution in [0.1, 0.15) is 45.4 Å². The highest BCUT2D eigenvalue weighted by atomic mass is 32.2. The predicted octanol–water partition coefficient (Wildman–Crippen LogP) is 1.26. The molecule has 0 atom stereocenters. The summed E-state index contributed by atoms with van der Waals surface area (Å²) in [4.78, 5) is 0. The van der Waals surface area contributed by atoms with E-state index in [0.29, 0.717) is 12.8 Å². The fraction of sp³-hybridized carbons (Fsp3) is 1.00. The number of nitrogens with one attached hydrogen (secondary N) is 1. The van der Waals surface area contributed by atoms with Crippen LogP contribution in [0, 0.1) is 5.92 Å². The highest BCUT2D eigenvalue weighted by Crippen LogP contribution is 2.23. The minimum atomic E-state index is -3.13. The minimum Gasteiger partial charge on any atom is -0.396 e. The van der Waals surface area contributed by atoms with Crippen LogP contribution in [-0.2, 0) is 10.0 Å². The Hall–Kier alpha value is -0.130. The highest BCUT2D eigenvalue weighted by molar-refractivity contribution is 7.89. The molecule has 1 fully saturated rings. The highest BCUT2D eigenvalue weighted by Gasteiger charge is 2.22. The van der Waals surface area contributed by atoms with Crippen molar-refractivity contribution in [2.75, 3.05) is 12.4 Å². The number of unbranched alkanes of at least 4 members (excludes halogenated alkanes) is 1. The molecule has 1 aliphatic carbocycles.